The highest BCUT2D eigenvalue weighted by atomic mass is 16.7. The number of fused-ring (bicyclic) bond motifs is 1. The molecular formula is C24H33N3O3+2. The first kappa shape index (κ1) is 20.7. The van der Waals surface area contributed by atoms with E-state index in [-0.39, 0.29) is 11.9 Å². The molecule has 6 heteroatoms. The van der Waals surface area contributed by atoms with Gasteiger partial charge in [0, 0.05) is 24.2 Å². The average Bonchev–Trinajstić information content (AvgIpc) is 3.25. The van der Waals surface area contributed by atoms with Crippen LogP contribution in [0.1, 0.15) is 31.0 Å². The maximum atomic E-state index is 13.4. The van der Waals surface area contributed by atoms with Gasteiger partial charge in [0.15, 0.2) is 17.5 Å². The van der Waals surface area contributed by atoms with Crippen molar-refractivity contribution >= 4 is 5.91 Å². The lowest BCUT2D eigenvalue weighted by Crippen LogP contribution is -3.28. The summed E-state index contributed by atoms with van der Waals surface area (Å²) in [5.41, 5.74) is 2.40. The lowest BCUT2D eigenvalue weighted by Gasteiger charge is -2.36. The normalized spacial score (nSPS) is 21.3. The second kappa shape index (κ2) is 9.49. The smallest absolute Gasteiger partial charge is 0.285 e. The first-order chi connectivity index (χ1) is 14.7. The number of rotatable bonds is 7. The number of likely N-dealkylation sites (N-methyl/N-ethyl adjacent to an activating group) is 1. The van der Waals surface area contributed by atoms with E-state index in [9.17, 15) is 4.79 Å². The van der Waals surface area contributed by atoms with Crippen molar-refractivity contribution in [3.05, 3.63) is 59.7 Å². The molecule has 2 aliphatic rings. The summed E-state index contributed by atoms with van der Waals surface area (Å²) in [4.78, 5) is 18.3. The molecule has 4 rings (SSSR count). The van der Waals surface area contributed by atoms with Crippen LogP contribution >= 0.6 is 0 Å². The number of benzene rings is 2. The van der Waals surface area contributed by atoms with Gasteiger partial charge in [-0.2, -0.15) is 0 Å². The number of carbonyl (C=O) groups excluding carboxylic acids is 1. The third kappa shape index (κ3) is 4.45. The van der Waals surface area contributed by atoms with E-state index in [0.717, 1.165) is 62.9 Å². The van der Waals surface area contributed by atoms with Crippen molar-refractivity contribution in [3.63, 3.8) is 0 Å². The summed E-state index contributed by atoms with van der Waals surface area (Å²) in [5, 5.41) is 0. The Balaban J connectivity index is 1.43. The van der Waals surface area contributed by atoms with Crippen molar-refractivity contribution in [2.75, 3.05) is 46.1 Å². The lowest BCUT2D eigenvalue weighted by molar-refractivity contribution is -1.03. The van der Waals surface area contributed by atoms with Crippen LogP contribution in [0.5, 0.6) is 11.5 Å². The zero-order chi connectivity index (χ0) is 20.9. The van der Waals surface area contributed by atoms with Crippen LogP contribution in [0, 0.1) is 0 Å². The summed E-state index contributed by atoms with van der Waals surface area (Å²) in [6.45, 7) is 11.0. The van der Waals surface area contributed by atoms with Gasteiger partial charge in [0.1, 0.15) is 32.7 Å². The molecule has 6 nitrogen and oxygen atoms in total. The molecule has 30 heavy (non-hydrogen) atoms. The average molecular weight is 412 g/mol. The van der Waals surface area contributed by atoms with Crippen molar-refractivity contribution in [2.45, 2.75) is 26.4 Å². The van der Waals surface area contributed by atoms with Gasteiger partial charge in [-0.1, -0.05) is 30.3 Å². The minimum atomic E-state index is -0.113. The lowest BCUT2D eigenvalue weighted by atomic mass is 10.0. The fourth-order valence-electron chi connectivity index (χ4n) is 4.65. The van der Waals surface area contributed by atoms with Gasteiger partial charge in [-0.25, -0.2) is 0 Å². The number of nitrogens with zero attached hydrogens (tertiary/aromatic N) is 1. The van der Waals surface area contributed by atoms with E-state index < -0.39 is 0 Å². The molecule has 1 fully saturated rings. The van der Waals surface area contributed by atoms with Crippen molar-refractivity contribution in [3.8, 4) is 11.5 Å². The molecule has 160 valence electrons. The topological polar surface area (TPSA) is 47.7 Å². The van der Waals surface area contributed by atoms with Gasteiger partial charge in [0.05, 0.1) is 0 Å². The minimum absolute atomic E-state index is 0.113. The Morgan fingerprint density at radius 2 is 1.67 bits per heavy atom. The van der Waals surface area contributed by atoms with Crippen LogP contribution in [0.3, 0.4) is 0 Å². The van der Waals surface area contributed by atoms with Crippen LogP contribution in [0.15, 0.2) is 48.5 Å². The second-order valence-corrected chi connectivity index (χ2v) is 8.13. The van der Waals surface area contributed by atoms with Crippen LogP contribution in [0.4, 0.5) is 0 Å². The van der Waals surface area contributed by atoms with Crippen molar-refractivity contribution in [1.29, 1.82) is 0 Å². The van der Waals surface area contributed by atoms with E-state index in [2.05, 4.69) is 38.1 Å². The summed E-state index contributed by atoms with van der Waals surface area (Å²) < 4.78 is 10.9. The molecule has 2 aliphatic heterocycles. The molecule has 0 aliphatic carbocycles. The Kier molecular flexibility index (Phi) is 6.55. The molecule has 2 aromatic rings. The molecule has 2 heterocycles. The molecule has 0 spiro atoms. The van der Waals surface area contributed by atoms with Crippen molar-refractivity contribution in [2.24, 2.45) is 0 Å². The van der Waals surface area contributed by atoms with Crippen LogP contribution in [0.2, 0.25) is 0 Å². The van der Waals surface area contributed by atoms with Gasteiger partial charge in [-0.15, -0.1) is 0 Å². The Morgan fingerprint density at radius 3 is 2.37 bits per heavy atom. The Labute approximate surface area is 179 Å². The highest BCUT2D eigenvalue weighted by molar-refractivity contribution is 5.82. The number of piperazine rings is 1. The number of hydrogen-bond acceptors (Lipinski definition) is 3. The van der Waals surface area contributed by atoms with Gasteiger partial charge in [-0.3, -0.25) is 4.79 Å². The van der Waals surface area contributed by atoms with E-state index in [4.69, 9.17) is 9.47 Å². The number of ether oxygens (including phenoxy) is 2. The summed E-state index contributed by atoms with van der Waals surface area (Å²) >= 11 is 0. The molecular weight excluding hydrogens is 378 g/mol. The largest absolute Gasteiger partial charge is 0.454 e. The van der Waals surface area contributed by atoms with Gasteiger partial charge >= 0.3 is 0 Å². The van der Waals surface area contributed by atoms with E-state index in [1.165, 1.54) is 10.5 Å². The Bertz CT molecular complexity index is 846. The van der Waals surface area contributed by atoms with Gasteiger partial charge in [0.2, 0.25) is 6.79 Å². The molecule has 0 bridgehead atoms. The zero-order valence-corrected chi connectivity index (χ0v) is 18.0. The third-order valence-corrected chi connectivity index (χ3v) is 6.35. The van der Waals surface area contributed by atoms with Crippen molar-refractivity contribution in [1.82, 2.24) is 4.90 Å². The SMILES string of the molecule is CCN(CC)C(=O)[C@@H](c1ccccc1)[NH+]1CC[NH+](Cc2ccc3c(c2)OCO3)CC1. The Hall–Kier alpha value is -2.57. The molecule has 2 N–H and O–H groups in total. The number of nitrogens with one attached hydrogen (secondary N) is 2. The Morgan fingerprint density at radius 1 is 0.967 bits per heavy atom. The second-order valence-electron chi connectivity index (χ2n) is 8.13. The van der Waals surface area contributed by atoms with Gasteiger partial charge < -0.3 is 24.2 Å². The third-order valence-electron chi connectivity index (χ3n) is 6.35. The molecule has 0 unspecified atom stereocenters. The molecule has 1 amide bonds. The fraction of sp³-hybridized carbons (Fsp3) is 0.458. The van der Waals surface area contributed by atoms with E-state index in [1.807, 2.05) is 29.2 Å². The molecule has 0 aromatic heterocycles. The summed E-state index contributed by atoms with van der Waals surface area (Å²) in [5.74, 6) is 1.94. The number of amides is 1. The highest BCUT2D eigenvalue weighted by Gasteiger charge is 2.37. The highest BCUT2D eigenvalue weighted by Crippen LogP contribution is 2.32. The van der Waals surface area contributed by atoms with E-state index in [1.54, 1.807) is 4.90 Å². The fourth-order valence-corrected chi connectivity index (χ4v) is 4.65. The monoisotopic (exact) mass is 411 g/mol. The predicted octanol–water partition coefficient (Wildman–Crippen LogP) is 0.308. The minimum Gasteiger partial charge on any atom is -0.454 e. The molecule has 1 saturated heterocycles. The standard InChI is InChI=1S/C24H31N3O3/c1-3-26(4-2)24(28)23(20-8-6-5-7-9-20)27-14-12-25(13-15-27)17-19-10-11-21-22(16-19)30-18-29-21/h5-11,16,23H,3-4,12-15,17-18H2,1-2H3/p+2/t23-/m1/s1. The predicted molar refractivity (Wildman–Crippen MR) is 115 cm³/mol. The maximum absolute atomic E-state index is 13.4. The van der Waals surface area contributed by atoms with Gasteiger partial charge in [-0.05, 0) is 32.0 Å². The molecule has 0 saturated carbocycles. The molecule has 1 atom stereocenters. The summed E-state index contributed by atoms with van der Waals surface area (Å²) in [7, 11) is 0. The van der Waals surface area contributed by atoms with Crippen LogP contribution in [0.25, 0.3) is 0 Å². The van der Waals surface area contributed by atoms with E-state index >= 15 is 0 Å². The maximum Gasteiger partial charge on any atom is 0.285 e. The van der Waals surface area contributed by atoms with E-state index in [0.29, 0.717) is 6.79 Å². The quantitative estimate of drug-likeness (QED) is 0.690. The summed E-state index contributed by atoms with van der Waals surface area (Å²) in [6, 6.07) is 16.4. The van der Waals surface area contributed by atoms with Crippen LogP contribution in [-0.4, -0.2) is 56.9 Å². The van der Waals surface area contributed by atoms with Crippen LogP contribution < -0.4 is 19.3 Å². The van der Waals surface area contributed by atoms with Crippen molar-refractivity contribution < 1.29 is 24.1 Å². The first-order valence-corrected chi connectivity index (χ1v) is 11.1. The number of carbonyl (C=O) groups is 1. The summed E-state index contributed by atoms with van der Waals surface area (Å²) in [6.07, 6.45) is 0. The number of quaternary nitrogens is 2. The first-order valence-electron chi connectivity index (χ1n) is 11.1. The number of hydrogen-bond donors (Lipinski definition) is 2. The molecule has 0 radical (unpaired) electrons. The van der Waals surface area contributed by atoms with Gasteiger partial charge in [0.25, 0.3) is 5.91 Å². The zero-order valence-electron chi connectivity index (χ0n) is 18.0. The molecule has 2 aromatic carbocycles. The van der Waals surface area contributed by atoms with Crippen LogP contribution in [-0.2, 0) is 11.3 Å².